The van der Waals surface area contributed by atoms with Crippen molar-refractivity contribution in [3.63, 3.8) is 0 Å². The molecule has 0 saturated carbocycles. The van der Waals surface area contributed by atoms with Crippen LogP contribution in [0.4, 0.5) is 0 Å². The summed E-state index contributed by atoms with van der Waals surface area (Å²) in [5.74, 6) is 1.68. The summed E-state index contributed by atoms with van der Waals surface area (Å²) in [6.07, 6.45) is 1.74. The van der Waals surface area contributed by atoms with Crippen LogP contribution in [0.3, 0.4) is 0 Å². The predicted molar refractivity (Wildman–Crippen MR) is 51.3 cm³/mol. The van der Waals surface area contributed by atoms with Gasteiger partial charge in [-0.1, -0.05) is 18.7 Å². The standard InChI is InChI=1S/C11H12O2/c1-3-9-7-12-11-8(2)5-4-6-10(11)13-9/h3-6,9H,1,7H2,2H3. The molecule has 0 N–H and O–H groups in total. The highest BCUT2D eigenvalue weighted by molar-refractivity contribution is 5.47. The second-order valence-electron chi connectivity index (χ2n) is 3.11. The molecule has 0 aliphatic carbocycles. The average molecular weight is 176 g/mol. The molecule has 0 bridgehead atoms. The smallest absolute Gasteiger partial charge is 0.164 e. The number of hydrogen-bond acceptors (Lipinski definition) is 2. The van der Waals surface area contributed by atoms with Gasteiger partial charge >= 0.3 is 0 Å². The highest BCUT2D eigenvalue weighted by atomic mass is 16.6. The van der Waals surface area contributed by atoms with Crippen molar-refractivity contribution in [2.45, 2.75) is 13.0 Å². The van der Waals surface area contributed by atoms with Crippen molar-refractivity contribution in [3.05, 3.63) is 36.4 Å². The molecule has 2 nitrogen and oxygen atoms in total. The molecule has 68 valence electrons. The van der Waals surface area contributed by atoms with Gasteiger partial charge in [0.2, 0.25) is 0 Å². The fourth-order valence-corrected chi connectivity index (χ4v) is 1.38. The Bertz CT molecular complexity index is 331. The number of rotatable bonds is 1. The summed E-state index contributed by atoms with van der Waals surface area (Å²) in [7, 11) is 0. The molecule has 1 aliphatic rings. The lowest BCUT2D eigenvalue weighted by molar-refractivity contribution is 0.122. The van der Waals surface area contributed by atoms with E-state index in [4.69, 9.17) is 9.47 Å². The molecule has 1 heterocycles. The van der Waals surface area contributed by atoms with Crippen LogP contribution in [0.15, 0.2) is 30.9 Å². The summed E-state index contributed by atoms with van der Waals surface area (Å²) in [6, 6.07) is 5.89. The maximum Gasteiger partial charge on any atom is 0.164 e. The van der Waals surface area contributed by atoms with Crippen molar-refractivity contribution in [2.75, 3.05) is 6.61 Å². The molecule has 2 rings (SSSR count). The zero-order valence-corrected chi connectivity index (χ0v) is 7.62. The van der Waals surface area contributed by atoms with Gasteiger partial charge in [0.15, 0.2) is 17.6 Å². The van der Waals surface area contributed by atoms with Crippen LogP contribution in [0, 0.1) is 6.92 Å². The van der Waals surface area contributed by atoms with Crippen molar-refractivity contribution in [1.82, 2.24) is 0 Å². The third-order valence-electron chi connectivity index (χ3n) is 2.11. The van der Waals surface area contributed by atoms with E-state index in [0.717, 1.165) is 17.1 Å². The number of aryl methyl sites for hydroxylation is 1. The highest BCUT2D eigenvalue weighted by Gasteiger charge is 2.19. The van der Waals surface area contributed by atoms with Gasteiger partial charge in [-0.15, -0.1) is 0 Å². The fraction of sp³-hybridized carbons (Fsp3) is 0.273. The molecule has 1 aliphatic heterocycles. The number of hydrogen-bond donors (Lipinski definition) is 0. The maximum atomic E-state index is 5.62. The van der Waals surface area contributed by atoms with Crippen molar-refractivity contribution in [1.29, 1.82) is 0 Å². The summed E-state index contributed by atoms with van der Waals surface area (Å²) in [5, 5.41) is 0. The number of ether oxygens (including phenoxy) is 2. The zero-order valence-electron chi connectivity index (χ0n) is 7.62. The van der Waals surface area contributed by atoms with E-state index < -0.39 is 0 Å². The Balaban J connectivity index is 2.36. The van der Waals surface area contributed by atoms with Crippen molar-refractivity contribution in [3.8, 4) is 11.5 Å². The number of fused-ring (bicyclic) bond motifs is 1. The first-order valence-electron chi connectivity index (χ1n) is 4.33. The van der Waals surface area contributed by atoms with E-state index in [1.807, 2.05) is 25.1 Å². The fourth-order valence-electron chi connectivity index (χ4n) is 1.38. The molecule has 0 amide bonds. The molecular weight excluding hydrogens is 164 g/mol. The lowest BCUT2D eigenvalue weighted by Crippen LogP contribution is -2.27. The lowest BCUT2D eigenvalue weighted by atomic mass is 10.2. The number of benzene rings is 1. The maximum absolute atomic E-state index is 5.62. The van der Waals surface area contributed by atoms with Gasteiger partial charge in [0.05, 0.1) is 0 Å². The summed E-state index contributed by atoms with van der Waals surface area (Å²) in [5.41, 5.74) is 1.11. The van der Waals surface area contributed by atoms with Crippen LogP contribution in [0.5, 0.6) is 11.5 Å². The molecule has 0 saturated heterocycles. The van der Waals surface area contributed by atoms with Gasteiger partial charge in [0, 0.05) is 0 Å². The Kier molecular flexibility index (Phi) is 1.97. The van der Waals surface area contributed by atoms with Gasteiger partial charge in [-0.3, -0.25) is 0 Å². The summed E-state index contributed by atoms with van der Waals surface area (Å²) < 4.78 is 11.2. The number of para-hydroxylation sites is 1. The van der Waals surface area contributed by atoms with E-state index in [2.05, 4.69) is 6.58 Å². The van der Waals surface area contributed by atoms with Crippen molar-refractivity contribution in [2.24, 2.45) is 0 Å². The second-order valence-corrected chi connectivity index (χ2v) is 3.11. The molecule has 0 fully saturated rings. The third-order valence-corrected chi connectivity index (χ3v) is 2.11. The molecule has 13 heavy (non-hydrogen) atoms. The van der Waals surface area contributed by atoms with E-state index in [1.54, 1.807) is 6.08 Å². The third kappa shape index (κ3) is 1.39. The average Bonchev–Trinajstić information content (AvgIpc) is 2.18. The first-order chi connectivity index (χ1) is 6.31. The van der Waals surface area contributed by atoms with Crippen LogP contribution < -0.4 is 9.47 Å². The quantitative estimate of drug-likeness (QED) is 0.611. The van der Waals surface area contributed by atoms with Crippen LogP contribution in [0.2, 0.25) is 0 Å². The largest absolute Gasteiger partial charge is 0.485 e. The zero-order chi connectivity index (χ0) is 9.26. The minimum atomic E-state index is -0.0192. The Labute approximate surface area is 77.8 Å². The van der Waals surface area contributed by atoms with Crippen molar-refractivity contribution >= 4 is 0 Å². The van der Waals surface area contributed by atoms with E-state index in [9.17, 15) is 0 Å². The monoisotopic (exact) mass is 176 g/mol. The lowest BCUT2D eigenvalue weighted by Gasteiger charge is -2.25. The Morgan fingerprint density at radius 3 is 3.15 bits per heavy atom. The first-order valence-corrected chi connectivity index (χ1v) is 4.33. The van der Waals surface area contributed by atoms with Crippen LogP contribution in [-0.2, 0) is 0 Å². The molecule has 2 heteroatoms. The summed E-state index contributed by atoms with van der Waals surface area (Å²) in [6.45, 7) is 6.24. The van der Waals surface area contributed by atoms with Gasteiger partial charge < -0.3 is 9.47 Å². The molecular formula is C11H12O2. The van der Waals surface area contributed by atoms with Crippen molar-refractivity contribution < 1.29 is 9.47 Å². The topological polar surface area (TPSA) is 18.5 Å². The van der Waals surface area contributed by atoms with Gasteiger partial charge in [-0.05, 0) is 24.6 Å². The van der Waals surface area contributed by atoms with Gasteiger partial charge in [0.25, 0.3) is 0 Å². The molecule has 0 aromatic heterocycles. The SMILES string of the molecule is C=CC1COc2c(C)cccc2O1. The van der Waals surface area contributed by atoms with E-state index in [0.29, 0.717) is 6.61 Å². The molecule has 1 unspecified atom stereocenters. The highest BCUT2D eigenvalue weighted by Crippen LogP contribution is 2.34. The Hall–Kier alpha value is -1.44. The molecule has 1 atom stereocenters. The minimum Gasteiger partial charge on any atom is -0.485 e. The predicted octanol–water partition coefficient (Wildman–Crippen LogP) is 2.32. The van der Waals surface area contributed by atoms with Crippen LogP contribution in [0.25, 0.3) is 0 Å². The van der Waals surface area contributed by atoms with E-state index in [-0.39, 0.29) is 6.10 Å². The summed E-state index contributed by atoms with van der Waals surface area (Å²) >= 11 is 0. The van der Waals surface area contributed by atoms with E-state index in [1.165, 1.54) is 0 Å². The normalized spacial score (nSPS) is 19.6. The van der Waals surface area contributed by atoms with Gasteiger partial charge in [0.1, 0.15) is 6.61 Å². The Morgan fingerprint density at radius 2 is 2.38 bits per heavy atom. The van der Waals surface area contributed by atoms with Crippen LogP contribution in [0.1, 0.15) is 5.56 Å². The van der Waals surface area contributed by atoms with Crippen LogP contribution >= 0.6 is 0 Å². The minimum absolute atomic E-state index is 0.0192. The molecule has 1 aromatic rings. The van der Waals surface area contributed by atoms with Gasteiger partial charge in [-0.25, -0.2) is 0 Å². The van der Waals surface area contributed by atoms with Crippen LogP contribution in [-0.4, -0.2) is 12.7 Å². The molecule has 0 radical (unpaired) electrons. The van der Waals surface area contributed by atoms with Gasteiger partial charge in [-0.2, -0.15) is 0 Å². The second kappa shape index (κ2) is 3.13. The molecule has 1 aromatic carbocycles. The Morgan fingerprint density at radius 1 is 1.54 bits per heavy atom. The van der Waals surface area contributed by atoms with E-state index >= 15 is 0 Å². The first kappa shape index (κ1) is 8.17. The summed E-state index contributed by atoms with van der Waals surface area (Å²) in [4.78, 5) is 0. The molecule has 0 spiro atoms.